The highest BCUT2D eigenvalue weighted by atomic mass is 32.2. The number of nitrogens with two attached hydrogens (primary N) is 2. The molecule has 0 fully saturated rings. The number of phenols is 1. The number of anilines is 2. The minimum absolute atomic E-state index is 0.0150. The Morgan fingerprint density at radius 2 is 1.47 bits per heavy atom. The molecule has 0 saturated carbocycles. The molecular weight excluding hydrogens is 264 g/mol. The summed E-state index contributed by atoms with van der Waals surface area (Å²) in [6, 6.07) is 8.32. The van der Waals surface area contributed by atoms with Crippen molar-refractivity contribution in [2.45, 2.75) is 16.7 Å². The van der Waals surface area contributed by atoms with Crippen LogP contribution in [0.15, 0.2) is 46.2 Å². The average Bonchev–Trinajstić information content (AvgIpc) is 2.35. The molecule has 0 spiro atoms. The number of sulfone groups is 1. The first kappa shape index (κ1) is 13.2. The molecule has 0 aliphatic carbocycles. The van der Waals surface area contributed by atoms with Crippen LogP contribution in [0.2, 0.25) is 0 Å². The van der Waals surface area contributed by atoms with E-state index in [4.69, 9.17) is 11.5 Å². The summed E-state index contributed by atoms with van der Waals surface area (Å²) in [5.74, 6) is -0.151. The normalized spacial score (nSPS) is 11.4. The predicted octanol–water partition coefficient (Wildman–Crippen LogP) is 1.70. The van der Waals surface area contributed by atoms with E-state index < -0.39 is 9.84 Å². The zero-order valence-electron chi connectivity index (χ0n) is 10.3. The van der Waals surface area contributed by atoms with Gasteiger partial charge >= 0.3 is 0 Å². The zero-order valence-corrected chi connectivity index (χ0v) is 11.1. The van der Waals surface area contributed by atoms with Gasteiger partial charge in [-0.05, 0) is 42.8 Å². The minimum atomic E-state index is -3.69. The second-order valence-corrected chi connectivity index (χ2v) is 6.19. The van der Waals surface area contributed by atoms with Crippen molar-refractivity contribution in [3.05, 3.63) is 42.0 Å². The molecule has 5 nitrogen and oxygen atoms in total. The number of hydrogen-bond donors (Lipinski definition) is 3. The third-order valence-electron chi connectivity index (χ3n) is 2.87. The lowest BCUT2D eigenvalue weighted by Crippen LogP contribution is -2.04. The van der Waals surface area contributed by atoms with Gasteiger partial charge in [-0.15, -0.1) is 0 Å². The molecule has 0 amide bonds. The third kappa shape index (κ3) is 2.34. The first-order chi connectivity index (χ1) is 8.82. The van der Waals surface area contributed by atoms with Gasteiger partial charge in [0.15, 0.2) is 0 Å². The van der Waals surface area contributed by atoms with Crippen molar-refractivity contribution in [2.75, 3.05) is 11.5 Å². The van der Waals surface area contributed by atoms with Gasteiger partial charge in [0.2, 0.25) is 9.84 Å². The first-order valence-corrected chi connectivity index (χ1v) is 7.00. The zero-order chi connectivity index (χ0) is 14.2. The van der Waals surface area contributed by atoms with E-state index in [1.165, 1.54) is 30.3 Å². The predicted molar refractivity (Wildman–Crippen MR) is 73.6 cm³/mol. The summed E-state index contributed by atoms with van der Waals surface area (Å²) in [4.78, 5) is 0.117. The van der Waals surface area contributed by atoms with Crippen molar-refractivity contribution < 1.29 is 13.5 Å². The van der Waals surface area contributed by atoms with Gasteiger partial charge in [-0.25, -0.2) is 8.42 Å². The summed E-state index contributed by atoms with van der Waals surface area (Å²) in [6.07, 6.45) is 0. The quantitative estimate of drug-likeness (QED) is 0.572. The number of hydrogen-bond acceptors (Lipinski definition) is 5. The molecule has 100 valence electrons. The van der Waals surface area contributed by atoms with Crippen molar-refractivity contribution in [3.8, 4) is 5.75 Å². The molecule has 6 heteroatoms. The fourth-order valence-electron chi connectivity index (χ4n) is 1.62. The summed E-state index contributed by atoms with van der Waals surface area (Å²) in [5, 5.41) is 9.32. The minimum Gasteiger partial charge on any atom is -0.506 e. The molecule has 2 aromatic carbocycles. The van der Waals surface area contributed by atoms with Gasteiger partial charge in [-0.1, -0.05) is 6.07 Å². The molecule has 0 atom stereocenters. The summed E-state index contributed by atoms with van der Waals surface area (Å²) in [7, 11) is -3.69. The monoisotopic (exact) mass is 278 g/mol. The van der Waals surface area contributed by atoms with Crippen LogP contribution in [-0.4, -0.2) is 13.5 Å². The second kappa shape index (κ2) is 4.47. The lowest BCUT2D eigenvalue weighted by molar-refractivity contribution is 0.477. The molecule has 19 heavy (non-hydrogen) atoms. The van der Waals surface area contributed by atoms with Gasteiger partial charge in [0.25, 0.3) is 0 Å². The van der Waals surface area contributed by atoms with Crippen molar-refractivity contribution in [3.63, 3.8) is 0 Å². The highest BCUT2D eigenvalue weighted by Crippen LogP contribution is 2.28. The molecule has 0 saturated heterocycles. The molecule has 0 heterocycles. The van der Waals surface area contributed by atoms with Crippen LogP contribution >= 0.6 is 0 Å². The van der Waals surface area contributed by atoms with Crippen LogP contribution in [0.25, 0.3) is 0 Å². The Morgan fingerprint density at radius 1 is 0.947 bits per heavy atom. The number of rotatable bonds is 2. The SMILES string of the molecule is Cc1ccc(S(=O)(=O)c2ccc(O)c(N)c2)cc1N. The smallest absolute Gasteiger partial charge is 0.206 e. The number of nitrogen functional groups attached to an aromatic ring is 2. The Kier molecular flexibility index (Phi) is 3.11. The maximum absolute atomic E-state index is 12.4. The van der Waals surface area contributed by atoms with Gasteiger partial charge in [-0.3, -0.25) is 0 Å². The Bertz CT molecular complexity index is 682. The van der Waals surface area contributed by atoms with Crippen molar-refractivity contribution >= 4 is 21.2 Å². The maximum atomic E-state index is 12.4. The average molecular weight is 278 g/mol. The molecule has 5 N–H and O–H groups in total. The fraction of sp³-hybridized carbons (Fsp3) is 0.0769. The second-order valence-electron chi connectivity index (χ2n) is 4.24. The molecule has 2 aromatic rings. The number of aromatic hydroxyl groups is 1. The first-order valence-electron chi connectivity index (χ1n) is 5.52. The van der Waals surface area contributed by atoms with Crippen LogP contribution in [0.5, 0.6) is 5.75 Å². The van der Waals surface area contributed by atoms with E-state index in [1.54, 1.807) is 13.0 Å². The van der Waals surface area contributed by atoms with Crippen LogP contribution < -0.4 is 11.5 Å². The number of benzene rings is 2. The molecular formula is C13H14N2O3S. The Balaban J connectivity index is 2.58. The van der Waals surface area contributed by atoms with Crippen molar-refractivity contribution in [1.29, 1.82) is 0 Å². The Labute approximate surface area is 111 Å². The largest absolute Gasteiger partial charge is 0.506 e. The van der Waals surface area contributed by atoms with E-state index in [-0.39, 0.29) is 21.2 Å². The summed E-state index contributed by atoms with van der Waals surface area (Å²) < 4.78 is 24.7. The van der Waals surface area contributed by atoms with Crippen LogP contribution in [0.1, 0.15) is 5.56 Å². The van der Waals surface area contributed by atoms with Gasteiger partial charge in [0.05, 0.1) is 15.5 Å². The lowest BCUT2D eigenvalue weighted by Gasteiger charge is -2.08. The third-order valence-corrected chi connectivity index (χ3v) is 4.62. The van der Waals surface area contributed by atoms with Crippen LogP contribution in [0.3, 0.4) is 0 Å². The van der Waals surface area contributed by atoms with E-state index >= 15 is 0 Å². The van der Waals surface area contributed by atoms with Crippen molar-refractivity contribution in [2.24, 2.45) is 0 Å². The van der Waals surface area contributed by atoms with Crippen molar-refractivity contribution in [1.82, 2.24) is 0 Å². The van der Waals surface area contributed by atoms with Gasteiger partial charge in [-0.2, -0.15) is 0 Å². The standard InChI is InChI=1S/C13H14N2O3S/c1-8-2-3-9(6-11(8)14)19(17,18)10-4-5-13(16)12(15)7-10/h2-7,16H,14-15H2,1H3. The molecule has 0 bridgehead atoms. The molecule has 0 radical (unpaired) electrons. The van der Waals surface area contributed by atoms with E-state index in [1.807, 2.05) is 0 Å². The summed E-state index contributed by atoms with van der Waals surface area (Å²) in [6.45, 7) is 1.80. The topological polar surface area (TPSA) is 106 Å². The molecule has 0 unspecified atom stereocenters. The highest BCUT2D eigenvalue weighted by molar-refractivity contribution is 7.91. The molecule has 0 aromatic heterocycles. The van der Waals surface area contributed by atoms with E-state index in [9.17, 15) is 13.5 Å². The Hall–Kier alpha value is -2.21. The maximum Gasteiger partial charge on any atom is 0.206 e. The lowest BCUT2D eigenvalue weighted by atomic mass is 10.2. The number of phenolic OH excluding ortho intramolecular Hbond substituents is 1. The van der Waals surface area contributed by atoms with E-state index in [2.05, 4.69) is 0 Å². The number of aryl methyl sites for hydroxylation is 1. The van der Waals surface area contributed by atoms with Gasteiger partial charge in [0.1, 0.15) is 5.75 Å². The molecule has 0 aliphatic heterocycles. The van der Waals surface area contributed by atoms with Gasteiger partial charge < -0.3 is 16.6 Å². The van der Waals surface area contributed by atoms with Gasteiger partial charge in [0, 0.05) is 5.69 Å². The summed E-state index contributed by atoms with van der Waals surface area (Å²) in [5.41, 5.74) is 12.5. The van der Waals surface area contributed by atoms with Crippen LogP contribution in [-0.2, 0) is 9.84 Å². The summed E-state index contributed by atoms with van der Waals surface area (Å²) >= 11 is 0. The molecule has 0 aliphatic rings. The highest BCUT2D eigenvalue weighted by Gasteiger charge is 2.19. The van der Waals surface area contributed by atoms with Crippen LogP contribution in [0.4, 0.5) is 11.4 Å². The Morgan fingerprint density at radius 3 is 2.00 bits per heavy atom. The van der Waals surface area contributed by atoms with Crippen LogP contribution in [0, 0.1) is 6.92 Å². The fourth-order valence-corrected chi connectivity index (χ4v) is 2.95. The molecule has 2 rings (SSSR count). The van der Waals surface area contributed by atoms with E-state index in [0.29, 0.717) is 5.69 Å². The van der Waals surface area contributed by atoms with E-state index in [0.717, 1.165) is 5.56 Å².